The van der Waals surface area contributed by atoms with Crippen LogP contribution in [0.4, 0.5) is 5.69 Å². The van der Waals surface area contributed by atoms with E-state index < -0.39 is 20.6 Å². The molecule has 3 rings (SSSR count). The Hall–Kier alpha value is -2.20. The van der Waals surface area contributed by atoms with Crippen LogP contribution in [0.1, 0.15) is 45.4 Å². The monoisotopic (exact) mass is 425 g/mol. The Morgan fingerprint density at radius 3 is 2.59 bits per heavy atom. The molecule has 2 fully saturated rings. The maximum absolute atomic E-state index is 12.6. The lowest BCUT2D eigenvalue weighted by atomic mass is 9.86. The molecular formula is C19H27N3O6S. The number of nitro groups is 1. The number of carbonyl (C=O) groups excluding carboxylic acids is 1. The topological polar surface area (TPSA) is 119 Å². The van der Waals surface area contributed by atoms with Crippen LogP contribution in [0.2, 0.25) is 0 Å². The number of nitro benzene ring substituents is 1. The number of ether oxygens (including phenoxy) is 1. The van der Waals surface area contributed by atoms with E-state index in [0.717, 1.165) is 44.6 Å². The van der Waals surface area contributed by atoms with E-state index in [1.807, 2.05) is 0 Å². The number of rotatable bonds is 7. The van der Waals surface area contributed by atoms with Gasteiger partial charge in [-0.15, -0.1) is 0 Å². The maximum atomic E-state index is 12.6. The molecule has 10 heteroatoms. The molecule has 1 aromatic rings. The summed E-state index contributed by atoms with van der Waals surface area (Å²) in [4.78, 5) is 22.8. The Labute approximate surface area is 170 Å². The fourth-order valence-electron chi connectivity index (χ4n) is 3.92. The first kappa shape index (κ1) is 21.5. The maximum Gasteiger partial charge on any atom is 0.312 e. The number of nitrogens with one attached hydrogen (secondary N) is 1. The van der Waals surface area contributed by atoms with Crippen molar-refractivity contribution < 1.29 is 22.9 Å². The molecule has 1 saturated carbocycles. The molecule has 0 bridgehead atoms. The van der Waals surface area contributed by atoms with E-state index in [1.165, 1.54) is 16.4 Å². The van der Waals surface area contributed by atoms with Crippen molar-refractivity contribution in [3.8, 4) is 5.75 Å². The van der Waals surface area contributed by atoms with Crippen molar-refractivity contribution in [1.29, 1.82) is 0 Å². The zero-order valence-electron chi connectivity index (χ0n) is 16.5. The van der Waals surface area contributed by atoms with Gasteiger partial charge in [0.2, 0.25) is 10.0 Å². The van der Waals surface area contributed by atoms with Crippen LogP contribution in [0.3, 0.4) is 0 Å². The molecule has 1 heterocycles. The van der Waals surface area contributed by atoms with Crippen molar-refractivity contribution >= 4 is 21.6 Å². The first-order valence-electron chi connectivity index (χ1n) is 10.00. The van der Waals surface area contributed by atoms with E-state index in [1.54, 1.807) is 0 Å². The lowest BCUT2D eigenvalue weighted by Crippen LogP contribution is -2.43. The van der Waals surface area contributed by atoms with E-state index >= 15 is 0 Å². The van der Waals surface area contributed by atoms with Crippen LogP contribution in [0.15, 0.2) is 23.1 Å². The summed E-state index contributed by atoms with van der Waals surface area (Å²) < 4.78 is 32.0. The van der Waals surface area contributed by atoms with Crippen LogP contribution in [0.25, 0.3) is 0 Å². The first-order valence-corrected chi connectivity index (χ1v) is 11.4. The molecule has 0 radical (unpaired) electrons. The fraction of sp³-hybridized carbons (Fsp3) is 0.632. The van der Waals surface area contributed by atoms with E-state index in [2.05, 4.69) is 12.2 Å². The minimum absolute atomic E-state index is 0.0859. The third-order valence-corrected chi connectivity index (χ3v) is 7.54. The fourth-order valence-corrected chi connectivity index (χ4v) is 5.46. The molecule has 29 heavy (non-hydrogen) atoms. The van der Waals surface area contributed by atoms with E-state index in [9.17, 15) is 23.3 Å². The van der Waals surface area contributed by atoms with Gasteiger partial charge in [-0.25, -0.2) is 8.42 Å². The van der Waals surface area contributed by atoms with Gasteiger partial charge in [-0.3, -0.25) is 14.9 Å². The van der Waals surface area contributed by atoms with Crippen LogP contribution in [-0.2, 0) is 14.8 Å². The van der Waals surface area contributed by atoms with Crippen molar-refractivity contribution in [3.63, 3.8) is 0 Å². The van der Waals surface area contributed by atoms with Crippen LogP contribution < -0.4 is 10.1 Å². The quantitative estimate of drug-likeness (QED) is 0.529. The standard InChI is InChI=1S/C19H27N3O6S/c1-14-6-2-3-7-16(14)20-19(23)13-28-18-9-8-15(12-17(18)22(24)25)29(26,27)21-10-4-5-11-21/h8-9,12,14,16H,2-7,10-11,13H2,1H3,(H,20,23)/t14-,16-/m1/s1. The lowest BCUT2D eigenvalue weighted by Gasteiger charge is -2.29. The van der Waals surface area contributed by atoms with Gasteiger partial charge in [0, 0.05) is 25.2 Å². The second kappa shape index (κ2) is 9.08. The predicted molar refractivity (Wildman–Crippen MR) is 106 cm³/mol. The summed E-state index contributed by atoms with van der Waals surface area (Å²) in [5.74, 6) is -0.0776. The van der Waals surface area contributed by atoms with E-state index in [0.29, 0.717) is 19.0 Å². The number of amides is 1. The van der Waals surface area contributed by atoms with Crippen LogP contribution in [0, 0.1) is 16.0 Å². The first-order chi connectivity index (χ1) is 13.8. The van der Waals surface area contributed by atoms with Crippen molar-refractivity contribution in [2.24, 2.45) is 5.92 Å². The molecule has 0 aromatic heterocycles. The molecule has 2 atom stereocenters. The Balaban J connectivity index is 1.69. The molecule has 1 aliphatic heterocycles. The molecule has 1 N–H and O–H groups in total. The molecule has 1 aliphatic carbocycles. The highest BCUT2D eigenvalue weighted by molar-refractivity contribution is 7.89. The summed E-state index contributed by atoms with van der Waals surface area (Å²) >= 11 is 0. The number of hydrogen-bond donors (Lipinski definition) is 1. The van der Waals surface area contributed by atoms with Gasteiger partial charge in [-0.05, 0) is 43.7 Å². The summed E-state index contributed by atoms with van der Waals surface area (Å²) in [5.41, 5.74) is -0.468. The smallest absolute Gasteiger partial charge is 0.312 e. The van der Waals surface area contributed by atoms with E-state index in [4.69, 9.17) is 4.74 Å². The van der Waals surface area contributed by atoms with E-state index in [-0.39, 0.29) is 29.2 Å². The van der Waals surface area contributed by atoms with Gasteiger partial charge in [-0.2, -0.15) is 4.31 Å². The Morgan fingerprint density at radius 2 is 1.93 bits per heavy atom. The van der Waals surface area contributed by atoms with Gasteiger partial charge in [0.25, 0.3) is 5.91 Å². The van der Waals surface area contributed by atoms with Gasteiger partial charge >= 0.3 is 5.69 Å². The van der Waals surface area contributed by atoms with Crippen LogP contribution in [-0.4, -0.2) is 49.3 Å². The highest BCUT2D eigenvalue weighted by atomic mass is 32.2. The largest absolute Gasteiger partial charge is 0.477 e. The summed E-state index contributed by atoms with van der Waals surface area (Å²) in [6, 6.07) is 3.63. The van der Waals surface area contributed by atoms with Crippen LogP contribution in [0.5, 0.6) is 5.75 Å². The lowest BCUT2D eigenvalue weighted by molar-refractivity contribution is -0.386. The second-order valence-electron chi connectivity index (χ2n) is 7.72. The normalized spacial score (nSPS) is 22.9. The molecule has 0 unspecified atom stereocenters. The summed E-state index contributed by atoms with van der Waals surface area (Å²) in [6.45, 7) is 2.56. The van der Waals surface area contributed by atoms with Gasteiger partial charge in [0.15, 0.2) is 12.4 Å². The average Bonchev–Trinajstić information content (AvgIpc) is 3.23. The predicted octanol–water partition coefficient (Wildman–Crippen LogP) is 2.45. The summed E-state index contributed by atoms with van der Waals surface area (Å²) in [6.07, 6.45) is 5.74. The Morgan fingerprint density at radius 1 is 1.24 bits per heavy atom. The third kappa shape index (κ3) is 5.05. The van der Waals surface area contributed by atoms with Gasteiger partial charge in [-0.1, -0.05) is 19.8 Å². The van der Waals surface area contributed by atoms with Gasteiger partial charge in [0.1, 0.15) is 0 Å². The summed E-state index contributed by atoms with van der Waals surface area (Å²) in [5, 5.41) is 14.4. The molecule has 9 nitrogen and oxygen atoms in total. The van der Waals surface area contributed by atoms with Crippen molar-refractivity contribution in [3.05, 3.63) is 28.3 Å². The van der Waals surface area contributed by atoms with Crippen LogP contribution >= 0.6 is 0 Å². The van der Waals surface area contributed by atoms with Crippen molar-refractivity contribution in [2.75, 3.05) is 19.7 Å². The molecule has 0 spiro atoms. The highest BCUT2D eigenvalue weighted by Crippen LogP contribution is 2.32. The molecule has 1 amide bonds. The van der Waals surface area contributed by atoms with Gasteiger partial charge in [0.05, 0.1) is 9.82 Å². The molecule has 1 saturated heterocycles. The molecule has 2 aliphatic rings. The number of sulfonamides is 1. The third-order valence-electron chi connectivity index (χ3n) is 5.65. The van der Waals surface area contributed by atoms with Gasteiger partial charge < -0.3 is 10.1 Å². The number of carbonyl (C=O) groups is 1. The number of hydrogen-bond acceptors (Lipinski definition) is 6. The Kier molecular flexibility index (Phi) is 6.74. The van der Waals surface area contributed by atoms with Crippen molar-refractivity contribution in [1.82, 2.24) is 9.62 Å². The average molecular weight is 426 g/mol. The van der Waals surface area contributed by atoms with Crippen molar-refractivity contribution in [2.45, 2.75) is 56.4 Å². The SMILES string of the molecule is C[C@@H]1CCCC[C@H]1NC(=O)COc1ccc(S(=O)(=O)N2CCCC2)cc1[N+](=O)[O-]. The molecule has 160 valence electrons. The second-order valence-corrected chi connectivity index (χ2v) is 9.66. The number of nitrogens with zero attached hydrogens (tertiary/aromatic N) is 2. The zero-order valence-corrected chi connectivity index (χ0v) is 17.3. The minimum Gasteiger partial charge on any atom is -0.477 e. The zero-order chi connectivity index (χ0) is 21.0. The highest BCUT2D eigenvalue weighted by Gasteiger charge is 2.30. The molecular weight excluding hydrogens is 398 g/mol. The summed E-state index contributed by atoms with van der Waals surface area (Å²) in [7, 11) is -3.77. The number of benzene rings is 1. The molecule has 1 aromatic carbocycles. The Bertz CT molecular complexity index is 867. The minimum atomic E-state index is -3.77.